The Hall–Kier alpha value is -2.04. The summed E-state index contributed by atoms with van der Waals surface area (Å²) in [6.07, 6.45) is 1.44. The van der Waals surface area contributed by atoms with Crippen LogP contribution in [0.3, 0.4) is 0 Å². The van der Waals surface area contributed by atoms with Crippen LogP contribution in [0.4, 0.5) is 0 Å². The van der Waals surface area contributed by atoms with Crippen LogP contribution in [0.25, 0.3) is 0 Å². The van der Waals surface area contributed by atoms with Gasteiger partial charge in [-0.05, 0) is 24.1 Å². The van der Waals surface area contributed by atoms with Crippen molar-refractivity contribution in [1.82, 2.24) is 5.32 Å². The molecular formula is C12H16N2O3. The Kier molecular flexibility index (Phi) is 5.00. The van der Waals surface area contributed by atoms with E-state index in [0.717, 1.165) is 11.8 Å². The van der Waals surface area contributed by atoms with E-state index in [0.29, 0.717) is 24.5 Å². The minimum absolute atomic E-state index is 0.384. The summed E-state index contributed by atoms with van der Waals surface area (Å²) in [5.74, 6) is 0.966. The fourth-order valence-corrected chi connectivity index (χ4v) is 1.42. The number of amides is 1. The number of benzene rings is 1. The van der Waals surface area contributed by atoms with Crippen molar-refractivity contribution in [2.45, 2.75) is 6.42 Å². The molecule has 0 atom stereocenters. The number of ether oxygens (including phenoxy) is 2. The van der Waals surface area contributed by atoms with E-state index in [1.54, 1.807) is 14.2 Å². The molecule has 92 valence electrons. The first kappa shape index (κ1) is 13.0. The second kappa shape index (κ2) is 6.52. The molecule has 0 aromatic heterocycles. The molecule has 0 unspecified atom stereocenters. The number of hydrogen-bond donors (Lipinski definition) is 2. The summed E-state index contributed by atoms with van der Waals surface area (Å²) in [5, 5.41) is 9.33. The highest BCUT2D eigenvalue weighted by Gasteiger charge is 2.04. The molecule has 0 bridgehead atoms. The third-order valence-electron chi connectivity index (χ3n) is 2.29. The Labute approximate surface area is 100 Å². The van der Waals surface area contributed by atoms with Crippen molar-refractivity contribution in [1.29, 1.82) is 5.41 Å². The third-order valence-corrected chi connectivity index (χ3v) is 2.29. The number of rotatable bonds is 6. The second-order valence-electron chi connectivity index (χ2n) is 3.37. The van der Waals surface area contributed by atoms with Gasteiger partial charge >= 0.3 is 0 Å². The smallest absolute Gasteiger partial charge is 0.261 e. The molecular weight excluding hydrogens is 220 g/mol. The lowest BCUT2D eigenvalue weighted by atomic mass is 10.1. The number of carbonyl (C=O) groups excluding carboxylic acids is 1. The van der Waals surface area contributed by atoms with E-state index in [2.05, 4.69) is 5.32 Å². The lowest BCUT2D eigenvalue weighted by Gasteiger charge is -2.09. The molecule has 0 aliphatic carbocycles. The average Bonchev–Trinajstić information content (AvgIpc) is 2.38. The molecule has 1 amide bonds. The van der Waals surface area contributed by atoms with E-state index in [4.69, 9.17) is 14.9 Å². The van der Waals surface area contributed by atoms with E-state index in [1.807, 2.05) is 18.2 Å². The second-order valence-corrected chi connectivity index (χ2v) is 3.37. The molecule has 0 heterocycles. The summed E-state index contributed by atoms with van der Waals surface area (Å²) >= 11 is 0. The minimum Gasteiger partial charge on any atom is -0.493 e. The fraction of sp³-hybridized carbons (Fsp3) is 0.333. The van der Waals surface area contributed by atoms with Gasteiger partial charge in [0.25, 0.3) is 5.91 Å². The van der Waals surface area contributed by atoms with Gasteiger partial charge in [-0.1, -0.05) is 6.07 Å². The molecule has 5 nitrogen and oxygen atoms in total. The highest BCUT2D eigenvalue weighted by Crippen LogP contribution is 2.27. The van der Waals surface area contributed by atoms with Crippen molar-refractivity contribution in [3.8, 4) is 11.5 Å². The molecule has 0 saturated heterocycles. The summed E-state index contributed by atoms with van der Waals surface area (Å²) < 4.78 is 10.3. The van der Waals surface area contributed by atoms with E-state index in [-0.39, 0.29) is 5.91 Å². The van der Waals surface area contributed by atoms with Crippen molar-refractivity contribution in [2.75, 3.05) is 20.8 Å². The number of carbonyl (C=O) groups is 1. The van der Waals surface area contributed by atoms with Crippen LogP contribution in [0.2, 0.25) is 0 Å². The maximum atomic E-state index is 10.8. The molecule has 17 heavy (non-hydrogen) atoms. The van der Waals surface area contributed by atoms with Gasteiger partial charge in [-0.25, -0.2) is 0 Å². The number of hydrogen-bond acceptors (Lipinski definition) is 4. The van der Waals surface area contributed by atoms with Crippen molar-refractivity contribution < 1.29 is 14.3 Å². The van der Waals surface area contributed by atoms with Gasteiger partial charge in [0, 0.05) is 6.54 Å². The van der Waals surface area contributed by atoms with Crippen LogP contribution < -0.4 is 14.8 Å². The molecule has 1 rings (SSSR count). The van der Waals surface area contributed by atoms with Crippen LogP contribution in [0.1, 0.15) is 5.56 Å². The molecule has 2 N–H and O–H groups in total. The average molecular weight is 236 g/mol. The summed E-state index contributed by atoms with van der Waals surface area (Å²) in [5.41, 5.74) is 1.04. The molecule has 0 fully saturated rings. The van der Waals surface area contributed by atoms with E-state index in [1.165, 1.54) is 0 Å². The number of methoxy groups -OCH3 is 2. The zero-order chi connectivity index (χ0) is 12.7. The Morgan fingerprint density at radius 1 is 1.35 bits per heavy atom. The molecule has 0 spiro atoms. The first-order valence-electron chi connectivity index (χ1n) is 5.20. The van der Waals surface area contributed by atoms with Crippen molar-refractivity contribution in [3.05, 3.63) is 23.8 Å². The van der Waals surface area contributed by atoms with Crippen LogP contribution in [0.5, 0.6) is 11.5 Å². The highest BCUT2D eigenvalue weighted by atomic mass is 16.5. The first-order valence-corrected chi connectivity index (χ1v) is 5.20. The van der Waals surface area contributed by atoms with E-state index >= 15 is 0 Å². The van der Waals surface area contributed by atoms with Gasteiger partial charge in [-0.2, -0.15) is 0 Å². The minimum atomic E-state index is -0.384. The Bertz CT molecular complexity index is 405. The van der Waals surface area contributed by atoms with Crippen molar-refractivity contribution >= 4 is 12.1 Å². The lowest BCUT2D eigenvalue weighted by molar-refractivity contribution is -0.114. The van der Waals surface area contributed by atoms with Crippen molar-refractivity contribution in [2.24, 2.45) is 0 Å². The van der Waals surface area contributed by atoms with Crippen molar-refractivity contribution in [3.63, 3.8) is 0 Å². The van der Waals surface area contributed by atoms with Gasteiger partial charge in [-0.15, -0.1) is 0 Å². The normalized spacial score (nSPS) is 9.53. The maximum Gasteiger partial charge on any atom is 0.261 e. The molecule has 5 heteroatoms. The summed E-state index contributed by atoms with van der Waals surface area (Å²) in [6, 6.07) is 5.61. The molecule has 0 saturated carbocycles. The molecule has 0 aliphatic heterocycles. The van der Waals surface area contributed by atoms with Gasteiger partial charge in [0.2, 0.25) is 0 Å². The monoisotopic (exact) mass is 236 g/mol. The van der Waals surface area contributed by atoms with Crippen LogP contribution in [0, 0.1) is 5.41 Å². The SMILES string of the molecule is COc1ccc(CCNC(=O)C=N)cc1OC. The summed E-state index contributed by atoms with van der Waals surface area (Å²) in [7, 11) is 3.17. The largest absolute Gasteiger partial charge is 0.493 e. The van der Waals surface area contributed by atoms with Crippen LogP contribution >= 0.6 is 0 Å². The predicted molar refractivity (Wildman–Crippen MR) is 65.0 cm³/mol. The third kappa shape index (κ3) is 3.79. The Balaban J connectivity index is 2.60. The Morgan fingerprint density at radius 2 is 2.06 bits per heavy atom. The molecule has 1 aromatic carbocycles. The van der Waals surface area contributed by atoms with Crippen LogP contribution in [0.15, 0.2) is 18.2 Å². The molecule has 0 aliphatic rings. The number of nitrogens with one attached hydrogen (secondary N) is 2. The molecule has 1 aromatic rings. The maximum absolute atomic E-state index is 10.8. The van der Waals surface area contributed by atoms with Crippen LogP contribution in [-0.2, 0) is 11.2 Å². The first-order chi connectivity index (χ1) is 8.21. The molecule has 0 radical (unpaired) electrons. The van der Waals surface area contributed by atoms with Gasteiger partial charge < -0.3 is 20.2 Å². The van der Waals surface area contributed by atoms with E-state index < -0.39 is 0 Å². The lowest BCUT2D eigenvalue weighted by Crippen LogP contribution is -2.26. The fourth-order valence-electron chi connectivity index (χ4n) is 1.42. The summed E-state index contributed by atoms with van der Waals surface area (Å²) in [6.45, 7) is 0.490. The zero-order valence-electron chi connectivity index (χ0n) is 9.95. The predicted octanol–water partition coefficient (Wildman–Crippen LogP) is 1.01. The van der Waals surface area contributed by atoms with Gasteiger partial charge in [0.15, 0.2) is 11.5 Å². The van der Waals surface area contributed by atoms with Gasteiger partial charge in [-0.3, -0.25) is 4.79 Å². The Morgan fingerprint density at radius 3 is 2.65 bits per heavy atom. The quantitative estimate of drug-likeness (QED) is 0.724. The standard InChI is InChI=1S/C12H16N2O3/c1-16-10-4-3-9(7-11(10)17-2)5-6-14-12(15)8-13/h3-4,7-8,13H,5-6H2,1-2H3,(H,14,15). The van der Waals surface area contributed by atoms with Crippen LogP contribution in [-0.4, -0.2) is 32.9 Å². The topological polar surface area (TPSA) is 71.4 Å². The zero-order valence-corrected chi connectivity index (χ0v) is 9.95. The van der Waals surface area contributed by atoms with Gasteiger partial charge in [0.1, 0.15) is 0 Å². The highest BCUT2D eigenvalue weighted by molar-refractivity contribution is 6.24. The van der Waals surface area contributed by atoms with Gasteiger partial charge in [0.05, 0.1) is 20.4 Å². The van der Waals surface area contributed by atoms with E-state index in [9.17, 15) is 4.79 Å². The summed E-state index contributed by atoms with van der Waals surface area (Å²) in [4.78, 5) is 10.8.